The van der Waals surface area contributed by atoms with E-state index in [1.165, 1.54) is 0 Å². The molecule has 0 spiro atoms. The summed E-state index contributed by atoms with van der Waals surface area (Å²) in [4.78, 5) is 25.1. The summed E-state index contributed by atoms with van der Waals surface area (Å²) in [5, 5.41) is 16.7. The van der Waals surface area contributed by atoms with E-state index in [1.54, 1.807) is 6.21 Å². The smallest absolute Gasteiger partial charge is 0.407 e. The maximum Gasteiger partial charge on any atom is 0.407 e. The number of amides is 2. The Morgan fingerprint density at radius 3 is 2.23 bits per heavy atom. The number of nitrogens with zero attached hydrogens (tertiary/aromatic N) is 2. The van der Waals surface area contributed by atoms with Gasteiger partial charge < -0.3 is 15.8 Å². The van der Waals surface area contributed by atoms with E-state index in [-0.39, 0.29) is 16.2 Å². The Labute approximate surface area is 183 Å². The highest BCUT2D eigenvalue weighted by atomic mass is 32.2. The van der Waals surface area contributed by atoms with Crippen LogP contribution in [0, 0.1) is 16.2 Å². The number of carbonyl (C=O) groups excluding carboxylic acids is 1. The molecule has 176 valence electrons. The zero-order chi connectivity index (χ0) is 23.1. The quantitative estimate of drug-likeness (QED) is 0.233. The minimum atomic E-state index is -4.32. The monoisotopic (exact) mass is 458 g/mol. The van der Waals surface area contributed by atoms with E-state index in [1.807, 2.05) is 6.92 Å². The minimum Gasteiger partial charge on any atom is -0.465 e. The molecule has 10 nitrogen and oxygen atoms in total. The van der Waals surface area contributed by atoms with Gasteiger partial charge in [-0.1, -0.05) is 13.8 Å². The van der Waals surface area contributed by atoms with Gasteiger partial charge in [0, 0.05) is 24.8 Å². The van der Waals surface area contributed by atoms with E-state index in [4.69, 9.17) is 4.55 Å². The molecule has 4 rings (SSSR count). The molecule has 0 saturated heterocycles. The van der Waals surface area contributed by atoms with Crippen LogP contribution in [-0.4, -0.2) is 72.1 Å². The summed E-state index contributed by atoms with van der Waals surface area (Å²) >= 11 is 0. The largest absolute Gasteiger partial charge is 0.465 e. The van der Waals surface area contributed by atoms with Gasteiger partial charge in [-0.05, 0) is 61.7 Å². The van der Waals surface area contributed by atoms with Crippen molar-refractivity contribution in [2.24, 2.45) is 21.3 Å². The Hall–Kier alpha value is -1.88. The summed E-state index contributed by atoms with van der Waals surface area (Å²) < 4.78 is 30.9. The van der Waals surface area contributed by atoms with Crippen LogP contribution in [0.15, 0.2) is 5.10 Å². The highest BCUT2D eigenvalue weighted by molar-refractivity contribution is 7.85. The average Bonchev–Trinajstić information content (AvgIpc) is 2.53. The Balaban J connectivity index is 1.75. The van der Waals surface area contributed by atoms with E-state index in [2.05, 4.69) is 29.7 Å². The summed E-state index contributed by atoms with van der Waals surface area (Å²) in [6.07, 6.45) is 6.05. The highest BCUT2D eigenvalue weighted by Crippen LogP contribution is 2.70. The van der Waals surface area contributed by atoms with Crippen LogP contribution < -0.4 is 10.7 Å². The molecule has 4 aliphatic rings. The standard InChI is InChI=1S/C20H34N4O6S/c1-4-21-22-14-19-9-17(2)8-18(3,10-19)12-20(11-17,13-19)23-15(25)7-24(16(26)27)5-6-31(28,29)30/h4,22H,5-14H2,1-3H3,(H,23,25)(H,26,27)(H,28,29,30)/b21-4-. The number of carboxylic acid groups (broad SMARTS) is 1. The Morgan fingerprint density at radius 1 is 1.10 bits per heavy atom. The van der Waals surface area contributed by atoms with Crippen molar-refractivity contribution in [3.8, 4) is 0 Å². The molecule has 0 heterocycles. The lowest BCUT2D eigenvalue weighted by Gasteiger charge is -2.69. The average molecular weight is 459 g/mol. The number of hydrogen-bond acceptors (Lipinski definition) is 6. The number of carbonyl (C=O) groups is 2. The van der Waals surface area contributed by atoms with Crippen molar-refractivity contribution in [1.82, 2.24) is 15.6 Å². The van der Waals surface area contributed by atoms with E-state index >= 15 is 0 Å². The van der Waals surface area contributed by atoms with Crippen LogP contribution in [0.25, 0.3) is 0 Å². The van der Waals surface area contributed by atoms with Gasteiger partial charge in [0.1, 0.15) is 6.54 Å². The molecule has 0 radical (unpaired) electrons. The Kier molecular flexibility index (Phi) is 6.07. The lowest BCUT2D eigenvalue weighted by molar-refractivity contribution is -0.168. The fraction of sp³-hybridized carbons (Fsp3) is 0.850. The summed E-state index contributed by atoms with van der Waals surface area (Å²) in [5.41, 5.74) is 2.94. The molecule has 31 heavy (non-hydrogen) atoms. The molecule has 4 saturated carbocycles. The molecule has 2 unspecified atom stereocenters. The molecule has 2 atom stereocenters. The van der Waals surface area contributed by atoms with Gasteiger partial charge in [-0.25, -0.2) is 4.79 Å². The number of hydrogen-bond donors (Lipinski definition) is 4. The second-order valence-corrected chi connectivity index (χ2v) is 12.3. The molecule has 4 bridgehead atoms. The SMILES string of the molecule is C/C=N\NCC12CC3(C)CC(C)(C1)CC(NC(=O)CN(CCS(=O)(=O)O)C(=O)O)(C3)C2. The van der Waals surface area contributed by atoms with Crippen LogP contribution >= 0.6 is 0 Å². The molecule has 4 fully saturated rings. The summed E-state index contributed by atoms with van der Waals surface area (Å²) in [5.74, 6) is -1.19. The highest BCUT2D eigenvalue weighted by Gasteiger charge is 2.65. The van der Waals surface area contributed by atoms with Crippen molar-refractivity contribution in [3.63, 3.8) is 0 Å². The molecule has 0 aromatic heterocycles. The van der Waals surface area contributed by atoms with Crippen LogP contribution in [0.5, 0.6) is 0 Å². The number of nitrogens with one attached hydrogen (secondary N) is 2. The Morgan fingerprint density at radius 2 is 1.71 bits per heavy atom. The molecular weight excluding hydrogens is 424 g/mol. The third-order valence-electron chi connectivity index (χ3n) is 7.00. The van der Waals surface area contributed by atoms with Crippen molar-refractivity contribution < 1.29 is 27.7 Å². The molecule has 4 aliphatic carbocycles. The van der Waals surface area contributed by atoms with Gasteiger partial charge >= 0.3 is 6.09 Å². The lowest BCUT2D eigenvalue weighted by atomic mass is 9.38. The van der Waals surface area contributed by atoms with E-state index < -0.39 is 46.5 Å². The van der Waals surface area contributed by atoms with E-state index in [0.29, 0.717) is 0 Å². The number of hydrazone groups is 1. The van der Waals surface area contributed by atoms with Gasteiger partial charge in [0.2, 0.25) is 5.91 Å². The maximum absolute atomic E-state index is 12.9. The predicted molar refractivity (Wildman–Crippen MR) is 115 cm³/mol. The summed E-state index contributed by atoms with van der Waals surface area (Å²) in [6.45, 7) is 6.20. The van der Waals surface area contributed by atoms with Crippen molar-refractivity contribution in [2.75, 3.05) is 25.4 Å². The molecule has 4 N–H and O–H groups in total. The molecule has 2 amide bonds. The summed E-state index contributed by atoms with van der Waals surface area (Å²) in [7, 11) is -4.32. The first kappa shape index (κ1) is 23.8. The molecule has 0 aliphatic heterocycles. The maximum atomic E-state index is 12.9. The predicted octanol–water partition coefficient (Wildman–Crippen LogP) is 1.68. The second-order valence-electron chi connectivity index (χ2n) is 10.7. The molecule has 0 aromatic carbocycles. The summed E-state index contributed by atoms with van der Waals surface area (Å²) in [6, 6.07) is 0. The van der Waals surface area contributed by atoms with Gasteiger partial charge in [0.05, 0.1) is 5.75 Å². The minimum absolute atomic E-state index is 0.00942. The van der Waals surface area contributed by atoms with Gasteiger partial charge in [-0.15, -0.1) is 0 Å². The van der Waals surface area contributed by atoms with Crippen LogP contribution in [0.2, 0.25) is 0 Å². The van der Waals surface area contributed by atoms with Crippen LogP contribution in [0.3, 0.4) is 0 Å². The van der Waals surface area contributed by atoms with Crippen LogP contribution in [0.4, 0.5) is 4.79 Å². The normalized spacial score (nSPS) is 36.5. The third kappa shape index (κ3) is 5.49. The number of rotatable bonds is 9. The fourth-order valence-corrected chi connectivity index (χ4v) is 8.00. The third-order valence-corrected chi connectivity index (χ3v) is 7.70. The van der Waals surface area contributed by atoms with E-state index in [9.17, 15) is 23.1 Å². The van der Waals surface area contributed by atoms with Crippen molar-refractivity contribution in [3.05, 3.63) is 0 Å². The molecular formula is C20H34N4O6S. The van der Waals surface area contributed by atoms with E-state index in [0.717, 1.165) is 50.0 Å². The Bertz CT molecular complexity index is 855. The first-order valence-corrected chi connectivity index (χ1v) is 12.3. The van der Waals surface area contributed by atoms with Gasteiger partial charge in [0.25, 0.3) is 10.1 Å². The van der Waals surface area contributed by atoms with Crippen molar-refractivity contribution in [2.45, 2.75) is 64.8 Å². The first-order chi connectivity index (χ1) is 14.2. The molecule has 0 aromatic rings. The van der Waals surface area contributed by atoms with Gasteiger partial charge in [-0.3, -0.25) is 14.2 Å². The van der Waals surface area contributed by atoms with Gasteiger partial charge in [0.15, 0.2) is 0 Å². The van der Waals surface area contributed by atoms with Crippen LogP contribution in [-0.2, 0) is 14.9 Å². The van der Waals surface area contributed by atoms with Crippen LogP contribution in [0.1, 0.15) is 59.3 Å². The first-order valence-electron chi connectivity index (χ1n) is 10.7. The zero-order valence-electron chi connectivity index (χ0n) is 18.5. The molecule has 11 heteroatoms. The fourth-order valence-electron chi connectivity index (χ4n) is 7.54. The van der Waals surface area contributed by atoms with Crippen molar-refractivity contribution in [1.29, 1.82) is 0 Å². The lowest BCUT2D eigenvalue weighted by Crippen LogP contribution is -2.70. The zero-order valence-corrected chi connectivity index (χ0v) is 19.3. The second kappa shape index (κ2) is 7.91. The van der Waals surface area contributed by atoms with Crippen molar-refractivity contribution >= 4 is 28.3 Å². The topological polar surface area (TPSA) is 148 Å². The van der Waals surface area contributed by atoms with Gasteiger partial charge in [-0.2, -0.15) is 13.5 Å².